The van der Waals surface area contributed by atoms with Gasteiger partial charge in [-0.3, -0.25) is 0 Å². The Morgan fingerprint density at radius 2 is 1.88 bits per heavy atom. The first-order valence-corrected chi connectivity index (χ1v) is 5.89. The Hall–Kier alpha value is -0.840. The van der Waals surface area contributed by atoms with Gasteiger partial charge in [-0.2, -0.15) is 0 Å². The smallest absolute Gasteiger partial charge is 0.410 e. The average molecular weight is 249 g/mol. The molecule has 0 radical (unpaired) electrons. The molecule has 0 rings (SSSR count). The van der Waals surface area contributed by atoms with Crippen molar-refractivity contribution in [2.24, 2.45) is 0 Å². The Balaban J connectivity index is 4.30. The van der Waals surface area contributed by atoms with Gasteiger partial charge in [0.1, 0.15) is 11.3 Å². The van der Waals surface area contributed by atoms with Crippen LogP contribution in [0.3, 0.4) is 0 Å². The maximum Gasteiger partial charge on any atom is 0.410 e. The molecule has 5 heteroatoms. The summed E-state index contributed by atoms with van der Waals surface area (Å²) >= 11 is 0. The Kier molecular flexibility index (Phi) is 5.88. The summed E-state index contributed by atoms with van der Waals surface area (Å²) in [6, 6.07) is 0. The second-order valence-corrected chi connectivity index (χ2v) is 5.38. The van der Waals surface area contributed by atoms with Gasteiger partial charge in [-0.25, -0.2) is 9.18 Å². The first-order valence-electron chi connectivity index (χ1n) is 5.89. The molecule has 0 aliphatic heterocycles. The summed E-state index contributed by atoms with van der Waals surface area (Å²) in [5, 5.41) is 8.79. The Morgan fingerprint density at radius 3 is 2.24 bits per heavy atom. The Bertz CT molecular complexity index is 249. The Morgan fingerprint density at radius 1 is 1.35 bits per heavy atom. The summed E-state index contributed by atoms with van der Waals surface area (Å²) in [6.07, 6.45) is -0.356. The molecule has 0 saturated carbocycles. The van der Waals surface area contributed by atoms with Crippen LogP contribution in [0.15, 0.2) is 0 Å². The number of carbonyl (C=O) groups excluding carboxylic acids is 1. The second-order valence-electron chi connectivity index (χ2n) is 5.38. The number of aliphatic hydroxyl groups is 1. The summed E-state index contributed by atoms with van der Waals surface area (Å²) in [5.41, 5.74) is -2.21. The van der Waals surface area contributed by atoms with Crippen molar-refractivity contribution >= 4 is 6.09 Å². The highest BCUT2D eigenvalue weighted by atomic mass is 19.1. The van der Waals surface area contributed by atoms with Crippen LogP contribution in [0.25, 0.3) is 0 Å². The van der Waals surface area contributed by atoms with Gasteiger partial charge < -0.3 is 14.7 Å². The number of hydrogen-bond donors (Lipinski definition) is 1. The minimum atomic E-state index is -1.66. The second kappa shape index (κ2) is 6.19. The highest BCUT2D eigenvalue weighted by Crippen LogP contribution is 2.16. The number of aliphatic hydroxyl groups excluding tert-OH is 1. The van der Waals surface area contributed by atoms with Gasteiger partial charge in [-0.15, -0.1) is 0 Å². The van der Waals surface area contributed by atoms with E-state index in [1.54, 1.807) is 27.7 Å². The normalized spacial score (nSPS) is 15.2. The van der Waals surface area contributed by atoms with E-state index in [0.717, 1.165) is 0 Å². The third kappa shape index (κ3) is 7.15. The van der Waals surface area contributed by atoms with Crippen LogP contribution in [0.4, 0.5) is 9.18 Å². The van der Waals surface area contributed by atoms with Crippen LogP contribution in [0.2, 0.25) is 0 Å². The number of rotatable bonds is 5. The van der Waals surface area contributed by atoms with Crippen LogP contribution in [-0.4, -0.2) is 47.1 Å². The van der Waals surface area contributed by atoms with Gasteiger partial charge >= 0.3 is 6.09 Å². The minimum absolute atomic E-state index is 0.0938. The third-order valence-corrected chi connectivity index (χ3v) is 2.27. The predicted octanol–water partition coefficient (Wildman–Crippen LogP) is 2.35. The van der Waals surface area contributed by atoms with E-state index in [1.807, 2.05) is 0 Å². The van der Waals surface area contributed by atoms with Crippen LogP contribution in [0, 0.1) is 0 Å². The molecule has 0 aliphatic rings. The first-order chi connectivity index (χ1) is 7.61. The number of amides is 1. The van der Waals surface area contributed by atoms with E-state index in [1.165, 1.54) is 11.8 Å². The number of ether oxygens (including phenoxy) is 1. The molecule has 102 valence electrons. The zero-order chi connectivity index (χ0) is 13.7. The van der Waals surface area contributed by atoms with Crippen LogP contribution >= 0.6 is 0 Å². The third-order valence-electron chi connectivity index (χ3n) is 2.27. The number of nitrogens with zero attached hydrogens (tertiary/aromatic N) is 1. The van der Waals surface area contributed by atoms with Crippen LogP contribution in [-0.2, 0) is 4.74 Å². The molecule has 0 spiro atoms. The van der Waals surface area contributed by atoms with Crippen molar-refractivity contribution in [1.29, 1.82) is 0 Å². The highest BCUT2D eigenvalue weighted by molar-refractivity contribution is 5.68. The molecule has 0 heterocycles. The molecule has 0 aliphatic carbocycles. The van der Waals surface area contributed by atoms with Crippen LogP contribution in [0.1, 0.15) is 41.0 Å². The van der Waals surface area contributed by atoms with Crippen LogP contribution in [0.5, 0.6) is 0 Å². The number of halogens is 1. The van der Waals surface area contributed by atoms with E-state index in [0.29, 0.717) is 6.54 Å². The van der Waals surface area contributed by atoms with Gasteiger partial charge in [0, 0.05) is 19.5 Å². The Labute approximate surface area is 103 Å². The molecular weight excluding hydrogens is 225 g/mol. The van der Waals surface area contributed by atoms with E-state index >= 15 is 0 Å². The fourth-order valence-corrected chi connectivity index (χ4v) is 1.15. The molecule has 0 fully saturated rings. The van der Waals surface area contributed by atoms with Gasteiger partial charge in [-0.05, 0) is 34.6 Å². The van der Waals surface area contributed by atoms with E-state index in [2.05, 4.69) is 0 Å². The summed E-state index contributed by atoms with van der Waals surface area (Å²) in [7, 11) is 0. The van der Waals surface area contributed by atoms with E-state index in [4.69, 9.17) is 9.84 Å². The van der Waals surface area contributed by atoms with Gasteiger partial charge in [-0.1, -0.05) is 0 Å². The number of alkyl halides is 1. The van der Waals surface area contributed by atoms with Gasteiger partial charge in [0.25, 0.3) is 0 Å². The lowest BCUT2D eigenvalue weighted by Gasteiger charge is -2.28. The zero-order valence-electron chi connectivity index (χ0n) is 11.4. The van der Waals surface area contributed by atoms with Crippen molar-refractivity contribution in [3.8, 4) is 0 Å². The topological polar surface area (TPSA) is 49.8 Å². The predicted molar refractivity (Wildman–Crippen MR) is 64.7 cm³/mol. The monoisotopic (exact) mass is 249 g/mol. The average Bonchev–Trinajstić information content (AvgIpc) is 2.15. The molecule has 0 aromatic rings. The zero-order valence-corrected chi connectivity index (χ0v) is 11.4. The lowest BCUT2D eigenvalue weighted by Crippen LogP contribution is -2.39. The van der Waals surface area contributed by atoms with E-state index in [9.17, 15) is 9.18 Å². The molecule has 17 heavy (non-hydrogen) atoms. The van der Waals surface area contributed by atoms with Crippen molar-refractivity contribution in [2.75, 3.05) is 19.7 Å². The quantitative estimate of drug-likeness (QED) is 0.813. The number of hydrogen-bond acceptors (Lipinski definition) is 3. The molecule has 1 N–H and O–H groups in total. The molecule has 1 amide bonds. The maximum absolute atomic E-state index is 13.5. The SMILES string of the molecule is CCN(CCC(C)(F)CO)C(=O)OC(C)(C)C. The molecule has 1 unspecified atom stereocenters. The lowest BCUT2D eigenvalue weighted by atomic mass is 10.1. The number of carbonyl (C=O) groups is 1. The fraction of sp³-hybridized carbons (Fsp3) is 0.917. The lowest BCUT2D eigenvalue weighted by molar-refractivity contribution is 0.0186. The molecular formula is C12H24FNO3. The standard InChI is InChI=1S/C12H24FNO3/c1-6-14(8-7-12(5,13)9-15)10(16)17-11(2,3)4/h15H,6-9H2,1-5H3. The van der Waals surface area contributed by atoms with Crippen molar-refractivity contribution in [2.45, 2.75) is 52.3 Å². The van der Waals surface area contributed by atoms with Crippen LogP contribution < -0.4 is 0 Å². The first kappa shape index (κ1) is 16.2. The fourth-order valence-electron chi connectivity index (χ4n) is 1.15. The summed E-state index contributed by atoms with van der Waals surface area (Å²) < 4.78 is 18.7. The van der Waals surface area contributed by atoms with Crippen molar-refractivity contribution < 1.29 is 19.0 Å². The molecule has 0 aromatic heterocycles. The molecule has 0 bridgehead atoms. The summed E-state index contributed by atoms with van der Waals surface area (Å²) in [5.74, 6) is 0. The van der Waals surface area contributed by atoms with E-state index in [-0.39, 0.29) is 13.0 Å². The van der Waals surface area contributed by atoms with Gasteiger partial charge in [0.05, 0.1) is 6.61 Å². The van der Waals surface area contributed by atoms with Crippen molar-refractivity contribution in [3.05, 3.63) is 0 Å². The van der Waals surface area contributed by atoms with E-state index < -0.39 is 24.0 Å². The molecule has 0 aromatic carbocycles. The maximum atomic E-state index is 13.5. The minimum Gasteiger partial charge on any atom is -0.444 e. The summed E-state index contributed by atoms with van der Waals surface area (Å²) in [6.45, 7) is 8.62. The highest BCUT2D eigenvalue weighted by Gasteiger charge is 2.26. The molecule has 4 nitrogen and oxygen atoms in total. The molecule has 0 saturated heterocycles. The summed E-state index contributed by atoms with van der Waals surface area (Å²) in [4.78, 5) is 13.1. The van der Waals surface area contributed by atoms with Crippen molar-refractivity contribution in [3.63, 3.8) is 0 Å². The largest absolute Gasteiger partial charge is 0.444 e. The van der Waals surface area contributed by atoms with Gasteiger partial charge in [0.15, 0.2) is 0 Å². The van der Waals surface area contributed by atoms with Crippen molar-refractivity contribution in [1.82, 2.24) is 4.90 Å². The van der Waals surface area contributed by atoms with Gasteiger partial charge in [0.2, 0.25) is 0 Å². The molecule has 1 atom stereocenters.